The van der Waals surface area contributed by atoms with Crippen molar-refractivity contribution in [3.63, 3.8) is 0 Å². The van der Waals surface area contributed by atoms with E-state index in [1.54, 1.807) is 0 Å². The van der Waals surface area contributed by atoms with E-state index in [1.165, 1.54) is 51.6 Å². The van der Waals surface area contributed by atoms with Crippen molar-refractivity contribution >= 4 is 0 Å². The summed E-state index contributed by atoms with van der Waals surface area (Å²) in [5.41, 5.74) is 0. The Hall–Kier alpha value is -0.0800. The minimum Gasteiger partial charge on any atom is -0.311 e. The SMILES string of the molecule is CCC(C)C1CNC(C2CCCCC2)CN1. The summed E-state index contributed by atoms with van der Waals surface area (Å²) in [6.45, 7) is 7.02. The van der Waals surface area contributed by atoms with Crippen LogP contribution in [0.1, 0.15) is 52.4 Å². The third-order valence-corrected chi connectivity index (χ3v) is 4.75. The molecule has 1 saturated carbocycles. The first-order valence-corrected chi connectivity index (χ1v) is 7.28. The second kappa shape index (κ2) is 6.02. The molecule has 1 heterocycles. The largest absolute Gasteiger partial charge is 0.311 e. The lowest BCUT2D eigenvalue weighted by Crippen LogP contribution is -2.58. The molecule has 2 rings (SSSR count). The summed E-state index contributed by atoms with van der Waals surface area (Å²) >= 11 is 0. The third-order valence-electron chi connectivity index (χ3n) is 4.75. The molecule has 0 aromatic heterocycles. The highest BCUT2D eigenvalue weighted by molar-refractivity contribution is 4.89. The lowest BCUT2D eigenvalue weighted by Gasteiger charge is -2.39. The molecular formula is C14H28N2. The van der Waals surface area contributed by atoms with Crippen LogP contribution < -0.4 is 10.6 Å². The molecule has 1 aliphatic heterocycles. The van der Waals surface area contributed by atoms with Gasteiger partial charge in [-0.3, -0.25) is 0 Å². The molecule has 2 aliphatic rings. The molecule has 3 unspecified atom stereocenters. The molecule has 0 spiro atoms. The molecule has 1 aliphatic carbocycles. The Morgan fingerprint density at radius 1 is 1.06 bits per heavy atom. The van der Waals surface area contributed by atoms with Gasteiger partial charge >= 0.3 is 0 Å². The van der Waals surface area contributed by atoms with E-state index in [-0.39, 0.29) is 0 Å². The van der Waals surface area contributed by atoms with E-state index >= 15 is 0 Å². The Morgan fingerprint density at radius 3 is 2.38 bits per heavy atom. The van der Waals surface area contributed by atoms with Crippen LogP contribution in [0.3, 0.4) is 0 Å². The Balaban J connectivity index is 1.75. The van der Waals surface area contributed by atoms with Crippen LogP contribution in [0.4, 0.5) is 0 Å². The minimum atomic E-state index is 0.699. The molecule has 0 aromatic rings. The molecule has 0 amide bonds. The van der Waals surface area contributed by atoms with E-state index in [0.717, 1.165) is 17.9 Å². The van der Waals surface area contributed by atoms with Gasteiger partial charge in [0, 0.05) is 25.2 Å². The van der Waals surface area contributed by atoms with Crippen molar-refractivity contribution in [2.75, 3.05) is 13.1 Å². The second-order valence-electron chi connectivity index (χ2n) is 5.81. The molecule has 3 atom stereocenters. The number of hydrogen-bond acceptors (Lipinski definition) is 2. The van der Waals surface area contributed by atoms with Gasteiger partial charge in [-0.15, -0.1) is 0 Å². The molecular weight excluding hydrogens is 196 g/mol. The fraction of sp³-hybridized carbons (Fsp3) is 1.00. The van der Waals surface area contributed by atoms with Crippen LogP contribution in [0, 0.1) is 11.8 Å². The van der Waals surface area contributed by atoms with Crippen LogP contribution in [-0.2, 0) is 0 Å². The van der Waals surface area contributed by atoms with Gasteiger partial charge in [0.15, 0.2) is 0 Å². The number of piperazine rings is 1. The monoisotopic (exact) mass is 224 g/mol. The zero-order chi connectivity index (χ0) is 11.4. The molecule has 0 aromatic carbocycles. The first-order chi connectivity index (χ1) is 7.81. The highest BCUT2D eigenvalue weighted by Crippen LogP contribution is 2.27. The fourth-order valence-electron chi connectivity index (χ4n) is 3.26. The van der Waals surface area contributed by atoms with Crippen molar-refractivity contribution in [1.82, 2.24) is 10.6 Å². The van der Waals surface area contributed by atoms with Crippen molar-refractivity contribution in [2.24, 2.45) is 11.8 Å². The standard InChI is InChI=1S/C14H28N2/c1-3-11(2)13-9-16-14(10-15-13)12-7-5-4-6-8-12/h11-16H,3-10H2,1-2H3. The zero-order valence-electron chi connectivity index (χ0n) is 11.0. The smallest absolute Gasteiger partial charge is 0.0221 e. The van der Waals surface area contributed by atoms with Gasteiger partial charge in [-0.05, 0) is 24.7 Å². The Bertz CT molecular complexity index is 191. The number of hydrogen-bond donors (Lipinski definition) is 2. The van der Waals surface area contributed by atoms with Crippen LogP contribution in [0.5, 0.6) is 0 Å². The summed E-state index contributed by atoms with van der Waals surface area (Å²) in [6, 6.07) is 1.45. The number of nitrogens with one attached hydrogen (secondary N) is 2. The molecule has 0 radical (unpaired) electrons. The van der Waals surface area contributed by atoms with E-state index in [2.05, 4.69) is 24.5 Å². The van der Waals surface area contributed by atoms with Crippen LogP contribution in [-0.4, -0.2) is 25.2 Å². The van der Waals surface area contributed by atoms with Gasteiger partial charge in [0.25, 0.3) is 0 Å². The van der Waals surface area contributed by atoms with Gasteiger partial charge in [-0.2, -0.15) is 0 Å². The summed E-state index contributed by atoms with van der Waals surface area (Å²) in [7, 11) is 0. The predicted octanol–water partition coefficient (Wildman–Crippen LogP) is 2.54. The maximum Gasteiger partial charge on any atom is 0.0221 e. The minimum absolute atomic E-state index is 0.699. The molecule has 2 heteroatoms. The van der Waals surface area contributed by atoms with Crippen molar-refractivity contribution < 1.29 is 0 Å². The summed E-state index contributed by atoms with van der Waals surface area (Å²) in [5, 5.41) is 7.55. The van der Waals surface area contributed by atoms with Crippen LogP contribution in [0.2, 0.25) is 0 Å². The van der Waals surface area contributed by atoms with Gasteiger partial charge in [-0.1, -0.05) is 39.5 Å². The van der Waals surface area contributed by atoms with Crippen molar-refractivity contribution in [3.05, 3.63) is 0 Å². The van der Waals surface area contributed by atoms with E-state index in [9.17, 15) is 0 Å². The Labute approximate surface area is 101 Å². The van der Waals surface area contributed by atoms with Crippen molar-refractivity contribution in [3.8, 4) is 0 Å². The van der Waals surface area contributed by atoms with Crippen LogP contribution in [0.15, 0.2) is 0 Å². The van der Waals surface area contributed by atoms with Crippen LogP contribution in [0.25, 0.3) is 0 Å². The van der Waals surface area contributed by atoms with E-state index in [1.807, 2.05) is 0 Å². The number of rotatable bonds is 3. The molecule has 2 N–H and O–H groups in total. The first-order valence-electron chi connectivity index (χ1n) is 7.28. The van der Waals surface area contributed by atoms with Gasteiger partial charge in [0.1, 0.15) is 0 Å². The van der Waals surface area contributed by atoms with Crippen molar-refractivity contribution in [2.45, 2.75) is 64.5 Å². The van der Waals surface area contributed by atoms with Gasteiger partial charge in [0.2, 0.25) is 0 Å². The fourth-order valence-corrected chi connectivity index (χ4v) is 3.26. The average Bonchev–Trinajstić information content (AvgIpc) is 2.39. The summed E-state index contributed by atoms with van der Waals surface area (Å²) in [6.07, 6.45) is 8.57. The summed E-state index contributed by atoms with van der Waals surface area (Å²) in [5.74, 6) is 1.75. The zero-order valence-corrected chi connectivity index (χ0v) is 11.0. The summed E-state index contributed by atoms with van der Waals surface area (Å²) in [4.78, 5) is 0. The lowest BCUT2D eigenvalue weighted by atomic mass is 9.82. The molecule has 94 valence electrons. The van der Waals surface area contributed by atoms with Crippen LogP contribution >= 0.6 is 0 Å². The molecule has 1 saturated heterocycles. The highest BCUT2D eigenvalue weighted by atomic mass is 15.1. The van der Waals surface area contributed by atoms with Crippen molar-refractivity contribution in [1.29, 1.82) is 0 Å². The Kier molecular flexibility index (Phi) is 4.66. The normalized spacial score (nSPS) is 34.9. The van der Waals surface area contributed by atoms with E-state index < -0.39 is 0 Å². The van der Waals surface area contributed by atoms with E-state index in [0.29, 0.717) is 6.04 Å². The highest BCUT2D eigenvalue weighted by Gasteiger charge is 2.29. The maximum absolute atomic E-state index is 3.79. The van der Waals surface area contributed by atoms with E-state index in [4.69, 9.17) is 0 Å². The van der Waals surface area contributed by atoms with Gasteiger partial charge in [-0.25, -0.2) is 0 Å². The first kappa shape index (κ1) is 12.4. The quantitative estimate of drug-likeness (QED) is 0.770. The molecule has 0 bridgehead atoms. The topological polar surface area (TPSA) is 24.1 Å². The molecule has 16 heavy (non-hydrogen) atoms. The lowest BCUT2D eigenvalue weighted by molar-refractivity contribution is 0.201. The maximum atomic E-state index is 3.79. The van der Waals surface area contributed by atoms with Gasteiger partial charge < -0.3 is 10.6 Å². The second-order valence-corrected chi connectivity index (χ2v) is 5.81. The van der Waals surface area contributed by atoms with Gasteiger partial charge in [0.05, 0.1) is 0 Å². The Morgan fingerprint density at radius 2 is 1.81 bits per heavy atom. The molecule has 2 fully saturated rings. The average molecular weight is 224 g/mol. The predicted molar refractivity (Wildman–Crippen MR) is 69.6 cm³/mol. The molecule has 2 nitrogen and oxygen atoms in total. The summed E-state index contributed by atoms with van der Waals surface area (Å²) < 4.78 is 0. The third kappa shape index (κ3) is 2.98.